The molecule has 20 heavy (non-hydrogen) atoms. The highest BCUT2D eigenvalue weighted by Gasteiger charge is 2.20. The van der Waals surface area contributed by atoms with Crippen LogP contribution in [0.3, 0.4) is 0 Å². The van der Waals surface area contributed by atoms with Crippen LogP contribution in [0, 0.1) is 5.92 Å². The maximum Gasteiger partial charge on any atom is 0.239 e. The summed E-state index contributed by atoms with van der Waals surface area (Å²) in [5, 5.41) is 0.565. The number of hydrogen-bond donors (Lipinski definition) is 1. The van der Waals surface area contributed by atoms with E-state index < -0.39 is 6.04 Å². The summed E-state index contributed by atoms with van der Waals surface area (Å²) in [6.07, 6.45) is 0. The predicted molar refractivity (Wildman–Crippen MR) is 84.6 cm³/mol. The van der Waals surface area contributed by atoms with E-state index in [2.05, 4.69) is 0 Å². The Hall–Kier alpha value is -0.970. The van der Waals surface area contributed by atoms with Gasteiger partial charge in [0, 0.05) is 7.05 Å². The van der Waals surface area contributed by atoms with Crippen LogP contribution in [0.1, 0.15) is 13.8 Å². The number of para-hydroxylation sites is 1. The third-order valence-electron chi connectivity index (χ3n) is 2.90. The number of ether oxygens (including phenoxy) is 1. The predicted octanol–water partition coefficient (Wildman–Crippen LogP) is 2.58. The Kier molecular flexibility index (Phi) is 8.62. The third-order valence-corrected chi connectivity index (χ3v) is 3.21. The molecule has 0 saturated heterocycles. The van der Waals surface area contributed by atoms with Crippen molar-refractivity contribution in [2.45, 2.75) is 19.9 Å². The zero-order valence-corrected chi connectivity index (χ0v) is 13.6. The molecule has 2 N–H and O–H groups in total. The molecule has 0 aliphatic carbocycles. The van der Waals surface area contributed by atoms with Gasteiger partial charge in [-0.05, 0) is 18.1 Å². The Balaban J connectivity index is 0.00000361. The SMILES string of the molecule is CC(C)[C@@H](N)C(=O)N(C)CCOc1ccccc1Cl.Cl. The molecule has 114 valence electrons. The van der Waals surface area contributed by atoms with Gasteiger partial charge in [-0.2, -0.15) is 0 Å². The van der Waals surface area contributed by atoms with Crippen molar-refractivity contribution in [3.63, 3.8) is 0 Å². The minimum Gasteiger partial charge on any atom is -0.490 e. The van der Waals surface area contributed by atoms with E-state index in [-0.39, 0.29) is 24.2 Å². The molecule has 1 rings (SSSR count). The maximum atomic E-state index is 11.9. The fraction of sp³-hybridized carbons (Fsp3) is 0.500. The second-order valence-corrected chi connectivity index (χ2v) is 5.22. The summed E-state index contributed by atoms with van der Waals surface area (Å²) in [5.41, 5.74) is 5.81. The monoisotopic (exact) mass is 320 g/mol. The molecule has 0 bridgehead atoms. The number of rotatable bonds is 6. The minimum atomic E-state index is -0.467. The first-order valence-corrected chi connectivity index (χ1v) is 6.69. The lowest BCUT2D eigenvalue weighted by Crippen LogP contribution is -2.46. The first-order chi connectivity index (χ1) is 8.93. The Morgan fingerprint density at radius 3 is 2.55 bits per heavy atom. The molecule has 0 unspecified atom stereocenters. The van der Waals surface area contributed by atoms with Gasteiger partial charge in [0.15, 0.2) is 0 Å². The van der Waals surface area contributed by atoms with Crippen molar-refractivity contribution in [2.75, 3.05) is 20.2 Å². The molecule has 0 radical (unpaired) electrons. The molecule has 0 saturated carbocycles. The Morgan fingerprint density at radius 2 is 2.00 bits per heavy atom. The molecule has 4 nitrogen and oxygen atoms in total. The third kappa shape index (κ3) is 5.57. The molecule has 0 aliphatic heterocycles. The van der Waals surface area contributed by atoms with Crippen LogP contribution >= 0.6 is 24.0 Å². The van der Waals surface area contributed by atoms with Crippen molar-refractivity contribution in [1.82, 2.24) is 4.90 Å². The molecule has 1 amide bonds. The van der Waals surface area contributed by atoms with Crippen molar-refractivity contribution in [3.05, 3.63) is 29.3 Å². The van der Waals surface area contributed by atoms with Gasteiger partial charge in [-0.1, -0.05) is 37.6 Å². The van der Waals surface area contributed by atoms with E-state index in [1.54, 1.807) is 24.1 Å². The molecule has 0 spiro atoms. The maximum absolute atomic E-state index is 11.9. The van der Waals surface area contributed by atoms with Gasteiger partial charge < -0.3 is 15.4 Å². The van der Waals surface area contributed by atoms with Crippen molar-refractivity contribution in [3.8, 4) is 5.75 Å². The standard InChI is InChI=1S/C14H21ClN2O2.ClH/c1-10(2)13(16)14(18)17(3)8-9-19-12-7-5-4-6-11(12)15;/h4-7,10,13H,8-9,16H2,1-3H3;1H/t13-;/m1./s1. The number of halogens is 2. The first-order valence-electron chi connectivity index (χ1n) is 6.31. The molecular formula is C14H22Cl2N2O2. The summed E-state index contributed by atoms with van der Waals surface area (Å²) in [6, 6.07) is 6.78. The van der Waals surface area contributed by atoms with Crippen LogP contribution in [-0.4, -0.2) is 37.0 Å². The van der Waals surface area contributed by atoms with Gasteiger partial charge in [-0.3, -0.25) is 4.79 Å². The lowest BCUT2D eigenvalue weighted by Gasteiger charge is -2.23. The number of carbonyl (C=O) groups is 1. The van der Waals surface area contributed by atoms with E-state index in [1.165, 1.54) is 0 Å². The average molecular weight is 321 g/mol. The highest BCUT2D eigenvalue weighted by Crippen LogP contribution is 2.22. The quantitative estimate of drug-likeness (QED) is 0.876. The highest BCUT2D eigenvalue weighted by molar-refractivity contribution is 6.32. The molecular weight excluding hydrogens is 299 g/mol. The van der Waals surface area contributed by atoms with E-state index in [1.807, 2.05) is 26.0 Å². The summed E-state index contributed by atoms with van der Waals surface area (Å²) >= 11 is 5.97. The van der Waals surface area contributed by atoms with Crippen LogP contribution in [0.2, 0.25) is 5.02 Å². The summed E-state index contributed by atoms with van der Waals surface area (Å²) in [4.78, 5) is 13.5. The van der Waals surface area contributed by atoms with Crippen LogP contribution in [-0.2, 0) is 4.79 Å². The van der Waals surface area contributed by atoms with Gasteiger partial charge in [-0.15, -0.1) is 12.4 Å². The minimum absolute atomic E-state index is 0. The summed E-state index contributed by atoms with van der Waals surface area (Å²) in [7, 11) is 1.72. The smallest absolute Gasteiger partial charge is 0.239 e. The van der Waals surface area contributed by atoms with E-state index in [0.29, 0.717) is 23.9 Å². The van der Waals surface area contributed by atoms with E-state index in [9.17, 15) is 4.79 Å². The number of nitrogens with zero attached hydrogens (tertiary/aromatic N) is 1. The Morgan fingerprint density at radius 1 is 1.40 bits per heavy atom. The van der Waals surface area contributed by atoms with Crippen molar-refractivity contribution < 1.29 is 9.53 Å². The van der Waals surface area contributed by atoms with Crippen molar-refractivity contribution in [2.24, 2.45) is 11.7 Å². The van der Waals surface area contributed by atoms with Crippen LogP contribution in [0.4, 0.5) is 0 Å². The second-order valence-electron chi connectivity index (χ2n) is 4.81. The summed E-state index contributed by atoms with van der Waals surface area (Å²) < 4.78 is 5.53. The summed E-state index contributed by atoms with van der Waals surface area (Å²) in [6.45, 7) is 4.72. The molecule has 1 atom stereocenters. The summed E-state index contributed by atoms with van der Waals surface area (Å²) in [5.74, 6) is 0.676. The van der Waals surface area contributed by atoms with Gasteiger partial charge in [0.2, 0.25) is 5.91 Å². The molecule has 0 aromatic heterocycles. The second kappa shape index (κ2) is 9.06. The van der Waals surface area contributed by atoms with E-state index in [0.717, 1.165) is 0 Å². The van der Waals surface area contributed by atoms with E-state index in [4.69, 9.17) is 22.1 Å². The van der Waals surface area contributed by atoms with Crippen LogP contribution in [0.15, 0.2) is 24.3 Å². The lowest BCUT2D eigenvalue weighted by atomic mass is 10.0. The van der Waals surface area contributed by atoms with Crippen LogP contribution in [0.5, 0.6) is 5.75 Å². The first kappa shape index (κ1) is 19.0. The van der Waals surface area contributed by atoms with Gasteiger partial charge in [0.1, 0.15) is 12.4 Å². The van der Waals surface area contributed by atoms with Gasteiger partial charge in [0.25, 0.3) is 0 Å². The topological polar surface area (TPSA) is 55.6 Å². The number of carbonyl (C=O) groups excluding carboxylic acids is 1. The number of benzene rings is 1. The largest absolute Gasteiger partial charge is 0.490 e. The molecule has 6 heteroatoms. The van der Waals surface area contributed by atoms with Gasteiger partial charge >= 0.3 is 0 Å². The van der Waals surface area contributed by atoms with Crippen LogP contribution in [0.25, 0.3) is 0 Å². The molecule has 1 aromatic rings. The van der Waals surface area contributed by atoms with Crippen molar-refractivity contribution >= 4 is 29.9 Å². The fourth-order valence-corrected chi connectivity index (χ4v) is 1.69. The average Bonchev–Trinajstić information content (AvgIpc) is 2.38. The number of likely N-dealkylation sites (N-methyl/N-ethyl adjacent to an activating group) is 1. The van der Waals surface area contributed by atoms with Crippen molar-refractivity contribution in [1.29, 1.82) is 0 Å². The number of nitrogens with two attached hydrogens (primary N) is 1. The van der Waals surface area contributed by atoms with Gasteiger partial charge in [-0.25, -0.2) is 0 Å². The normalized spacial score (nSPS) is 11.7. The molecule has 1 aromatic carbocycles. The Labute approximate surface area is 131 Å². The Bertz CT molecular complexity index is 427. The molecule has 0 aliphatic rings. The van der Waals surface area contributed by atoms with E-state index >= 15 is 0 Å². The fourth-order valence-electron chi connectivity index (χ4n) is 1.50. The van der Waals surface area contributed by atoms with Gasteiger partial charge in [0.05, 0.1) is 17.6 Å². The number of amides is 1. The highest BCUT2D eigenvalue weighted by atomic mass is 35.5. The number of hydrogen-bond acceptors (Lipinski definition) is 3. The lowest BCUT2D eigenvalue weighted by molar-refractivity contribution is -0.132. The molecule has 0 heterocycles. The zero-order chi connectivity index (χ0) is 14.4. The zero-order valence-electron chi connectivity index (χ0n) is 12.0. The molecule has 0 fully saturated rings. The van der Waals surface area contributed by atoms with Crippen LogP contribution < -0.4 is 10.5 Å².